The number of hydrogen-bond donors (Lipinski definition) is 3. The summed E-state index contributed by atoms with van der Waals surface area (Å²) >= 11 is 0. The molecule has 0 saturated carbocycles. The molecule has 0 aliphatic heterocycles. The Hall–Kier alpha value is -3.43. The molecule has 0 aliphatic rings. The highest BCUT2D eigenvalue weighted by Crippen LogP contribution is 2.29. The second kappa shape index (κ2) is 7.44. The number of pyridine rings is 1. The average Bonchev–Trinajstić information content (AvgIpc) is 3.16. The molecule has 0 unspecified atom stereocenters. The first-order valence-electron chi connectivity index (χ1n) is 8.61. The summed E-state index contributed by atoms with van der Waals surface area (Å²) in [6.45, 7) is 8.20. The van der Waals surface area contributed by atoms with Crippen LogP contribution < -0.4 is 16.0 Å². The highest BCUT2D eigenvalue weighted by Gasteiger charge is 2.19. The second-order valence-electron chi connectivity index (χ2n) is 5.88. The normalized spacial score (nSPS) is 10.8. The predicted molar refractivity (Wildman–Crippen MR) is 98.7 cm³/mol. The number of nitrogens with one attached hydrogen (secondary N) is 3. The van der Waals surface area contributed by atoms with Gasteiger partial charge in [0.2, 0.25) is 0 Å². The van der Waals surface area contributed by atoms with Gasteiger partial charge in [-0.05, 0) is 45.4 Å². The molecule has 0 aromatic carbocycles. The number of anilines is 1. The van der Waals surface area contributed by atoms with Gasteiger partial charge in [0, 0.05) is 18.7 Å². The monoisotopic (exact) mass is 371 g/mol. The third kappa shape index (κ3) is 3.59. The van der Waals surface area contributed by atoms with Crippen molar-refractivity contribution in [3.8, 4) is 11.1 Å². The predicted octanol–water partition coefficient (Wildman–Crippen LogP) is 1.89. The standard InChI is InChI=1S/C17H21N7O3/c1-5-18-15(25)12-7-11(14-9(3)23-27-10(14)4)8-13-20-16(22-24(12)13)21-17(26)19-6-2/h7-8H,5-6H2,1-4H3,(H,18,25)(H2,19,21,22,26). The SMILES string of the molecule is CCNC(=O)Nc1nc2cc(-c3c(C)noc3C)cc(C(=O)NCC)n2n1. The van der Waals surface area contributed by atoms with Gasteiger partial charge in [-0.2, -0.15) is 4.98 Å². The molecule has 3 aromatic heterocycles. The van der Waals surface area contributed by atoms with Gasteiger partial charge in [0.05, 0.1) is 5.69 Å². The molecule has 0 saturated heterocycles. The lowest BCUT2D eigenvalue weighted by Gasteiger charge is -2.07. The van der Waals surface area contributed by atoms with Crippen molar-refractivity contribution in [2.45, 2.75) is 27.7 Å². The summed E-state index contributed by atoms with van der Waals surface area (Å²) in [6.07, 6.45) is 0. The third-order valence-corrected chi connectivity index (χ3v) is 3.89. The van der Waals surface area contributed by atoms with Crippen LogP contribution in [-0.2, 0) is 0 Å². The summed E-state index contributed by atoms with van der Waals surface area (Å²) < 4.78 is 6.63. The van der Waals surface area contributed by atoms with E-state index in [1.165, 1.54) is 4.52 Å². The number of aryl methyl sites for hydroxylation is 2. The number of rotatable bonds is 5. The molecule has 3 heterocycles. The number of carbonyl (C=O) groups excluding carboxylic acids is 2. The molecule has 0 aliphatic carbocycles. The van der Waals surface area contributed by atoms with Crippen molar-refractivity contribution in [3.63, 3.8) is 0 Å². The number of amides is 3. The Morgan fingerprint density at radius 3 is 2.52 bits per heavy atom. The Labute approximate surface area is 155 Å². The fourth-order valence-electron chi connectivity index (χ4n) is 2.80. The van der Waals surface area contributed by atoms with Gasteiger partial charge in [-0.3, -0.25) is 10.1 Å². The number of nitrogens with zero attached hydrogens (tertiary/aromatic N) is 4. The van der Waals surface area contributed by atoms with Crippen molar-refractivity contribution in [1.82, 2.24) is 30.4 Å². The van der Waals surface area contributed by atoms with Crippen LogP contribution in [-0.4, -0.2) is 44.8 Å². The first kappa shape index (κ1) is 18.4. The maximum Gasteiger partial charge on any atom is 0.321 e. The smallest absolute Gasteiger partial charge is 0.321 e. The molecule has 3 aromatic rings. The van der Waals surface area contributed by atoms with Crippen molar-refractivity contribution in [1.29, 1.82) is 0 Å². The third-order valence-electron chi connectivity index (χ3n) is 3.89. The minimum atomic E-state index is -0.418. The van der Waals surface area contributed by atoms with Crippen LogP contribution in [0.15, 0.2) is 16.7 Å². The summed E-state index contributed by atoms with van der Waals surface area (Å²) in [4.78, 5) is 28.6. The highest BCUT2D eigenvalue weighted by molar-refractivity contribution is 5.95. The average molecular weight is 371 g/mol. The topological polar surface area (TPSA) is 126 Å². The number of urea groups is 1. The summed E-state index contributed by atoms with van der Waals surface area (Å²) in [7, 11) is 0. The van der Waals surface area contributed by atoms with Crippen LogP contribution in [0.4, 0.5) is 10.7 Å². The number of carbonyl (C=O) groups is 2. The van der Waals surface area contributed by atoms with Crippen LogP contribution in [0, 0.1) is 13.8 Å². The molecule has 10 heteroatoms. The van der Waals surface area contributed by atoms with Gasteiger partial charge >= 0.3 is 6.03 Å². The van der Waals surface area contributed by atoms with Gasteiger partial charge in [0.1, 0.15) is 11.5 Å². The minimum Gasteiger partial charge on any atom is -0.361 e. The van der Waals surface area contributed by atoms with Crippen LogP contribution in [0.25, 0.3) is 16.8 Å². The number of aromatic nitrogens is 4. The van der Waals surface area contributed by atoms with Gasteiger partial charge in [-0.1, -0.05) is 5.16 Å². The van der Waals surface area contributed by atoms with E-state index >= 15 is 0 Å². The van der Waals surface area contributed by atoms with Crippen LogP contribution in [0.3, 0.4) is 0 Å². The molecule has 0 fully saturated rings. The maximum absolute atomic E-state index is 12.5. The summed E-state index contributed by atoms with van der Waals surface area (Å²) in [5.41, 5.74) is 2.95. The molecular weight excluding hydrogens is 350 g/mol. The number of hydrogen-bond acceptors (Lipinski definition) is 6. The summed E-state index contributed by atoms with van der Waals surface area (Å²) in [5.74, 6) is 0.437. The Morgan fingerprint density at radius 2 is 1.89 bits per heavy atom. The van der Waals surface area contributed by atoms with Crippen LogP contribution in [0.5, 0.6) is 0 Å². The van der Waals surface area contributed by atoms with E-state index in [1.807, 2.05) is 13.8 Å². The van der Waals surface area contributed by atoms with Gasteiger partial charge in [-0.25, -0.2) is 9.31 Å². The van der Waals surface area contributed by atoms with Gasteiger partial charge < -0.3 is 15.2 Å². The largest absolute Gasteiger partial charge is 0.361 e. The Balaban J connectivity index is 2.14. The fourth-order valence-corrected chi connectivity index (χ4v) is 2.80. The zero-order valence-electron chi connectivity index (χ0n) is 15.6. The van der Waals surface area contributed by atoms with Crippen LogP contribution in [0.2, 0.25) is 0 Å². The van der Waals surface area contributed by atoms with E-state index in [0.717, 1.165) is 11.1 Å². The van der Waals surface area contributed by atoms with E-state index in [4.69, 9.17) is 4.52 Å². The van der Waals surface area contributed by atoms with E-state index < -0.39 is 6.03 Å². The Morgan fingerprint density at radius 1 is 1.15 bits per heavy atom. The fraction of sp³-hybridized carbons (Fsp3) is 0.353. The first-order chi connectivity index (χ1) is 12.9. The molecule has 0 spiro atoms. The lowest BCUT2D eigenvalue weighted by Crippen LogP contribution is -2.28. The van der Waals surface area contributed by atoms with E-state index in [2.05, 4.69) is 31.2 Å². The molecular formula is C17H21N7O3. The van der Waals surface area contributed by atoms with E-state index in [9.17, 15) is 9.59 Å². The Bertz CT molecular complexity index is 986. The Kier molecular flexibility index (Phi) is 5.06. The van der Waals surface area contributed by atoms with Crippen molar-refractivity contribution in [2.24, 2.45) is 0 Å². The number of fused-ring (bicyclic) bond motifs is 1. The molecule has 142 valence electrons. The molecule has 0 radical (unpaired) electrons. The quantitative estimate of drug-likeness (QED) is 0.629. The van der Waals surface area contributed by atoms with Crippen molar-refractivity contribution in [3.05, 3.63) is 29.3 Å². The van der Waals surface area contributed by atoms with Crippen LogP contribution in [0.1, 0.15) is 35.8 Å². The molecule has 3 rings (SSSR count). The van der Waals surface area contributed by atoms with Gasteiger partial charge in [0.25, 0.3) is 11.9 Å². The van der Waals surface area contributed by atoms with Crippen molar-refractivity contribution in [2.75, 3.05) is 18.4 Å². The molecule has 3 amide bonds. The van der Waals surface area contributed by atoms with Crippen molar-refractivity contribution < 1.29 is 14.1 Å². The maximum atomic E-state index is 12.5. The van der Waals surface area contributed by atoms with Gasteiger partial charge in [-0.15, -0.1) is 5.10 Å². The molecule has 3 N–H and O–H groups in total. The highest BCUT2D eigenvalue weighted by atomic mass is 16.5. The molecule has 0 bridgehead atoms. The summed E-state index contributed by atoms with van der Waals surface area (Å²) in [5, 5.41) is 16.1. The van der Waals surface area contributed by atoms with E-state index in [-0.39, 0.29) is 11.9 Å². The lowest BCUT2D eigenvalue weighted by atomic mass is 10.0. The van der Waals surface area contributed by atoms with Crippen molar-refractivity contribution >= 4 is 23.5 Å². The van der Waals surface area contributed by atoms with E-state index in [0.29, 0.717) is 35.9 Å². The zero-order chi connectivity index (χ0) is 19.6. The zero-order valence-corrected chi connectivity index (χ0v) is 15.6. The second-order valence-corrected chi connectivity index (χ2v) is 5.88. The summed E-state index contributed by atoms with van der Waals surface area (Å²) in [6, 6.07) is 3.05. The van der Waals surface area contributed by atoms with Gasteiger partial charge in [0.15, 0.2) is 5.65 Å². The van der Waals surface area contributed by atoms with E-state index in [1.54, 1.807) is 26.0 Å². The first-order valence-corrected chi connectivity index (χ1v) is 8.61. The molecule has 27 heavy (non-hydrogen) atoms. The van der Waals surface area contributed by atoms with Crippen LogP contribution >= 0.6 is 0 Å². The minimum absolute atomic E-state index is 0.0995. The molecule has 0 atom stereocenters. The molecule has 10 nitrogen and oxygen atoms in total. The lowest BCUT2D eigenvalue weighted by molar-refractivity contribution is 0.0948.